The van der Waals surface area contributed by atoms with Crippen LogP contribution in [0.3, 0.4) is 0 Å². The van der Waals surface area contributed by atoms with Crippen molar-refractivity contribution in [2.45, 2.75) is 24.7 Å². The molecule has 1 saturated carbocycles. The first-order chi connectivity index (χ1) is 19.8. The number of nitrogens with one attached hydrogen (secondary N) is 1. The van der Waals surface area contributed by atoms with Crippen molar-refractivity contribution < 1.29 is 14.7 Å². The van der Waals surface area contributed by atoms with Gasteiger partial charge in [-0.3, -0.25) is 4.79 Å². The molecule has 2 unspecified atom stereocenters. The highest BCUT2D eigenvalue weighted by molar-refractivity contribution is 6.35. The summed E-state index contributed by atoms with van der Waals surface area (Å²) >= 11 is 13.5. The molecule has 0 saturated heterocycles. The lowest BCUT2D eigenvalue weighted by Gasteiger charge is -2.14. The fourth-order valence-electron chi connectivity index (χ4n) is 5.98. The Kier molecular flexibility index (Phi) is 5.78. The molecule has 1 amide bonds. The molecule has 2 N–H and O–H groups in total. The molecular weight excluding hydrogens is 559 g/mol. The number of nitrogens with zero attached hydrogens (tertiary/aromatic N) is 3. The van der Waals surface area contributed by atoms with Crippen molar-refractivity contribution in [1.29, 1.82) is 0 Å². The summed E-state index contributed by atoms with van der Waals surface area (Å²) in [5, 5.41) is 17.8. The van der Waals surface area contributed by atoms with Gasteiger partial charge in [0.25, 0.3) is 0 Å². The van der Waals surface area contributed by atoms with Crippen LogP contribution in [0.1, 0.15) is 39.4 Å². The predicted octanol–water partition coefficient (Wildman–Crippen LogP) is 7.29. The highest BCUT2D eigenvalue weighted by atomic mass is 35.5. The quantitative estimate of drug-likeness (QED) is 0.227. The second-order valence-corrected chi connectivity index (χ2v) is 11.3. The van der Waals surface area contributed by atoms with E-state index in [4.69, 9.17) is 23.2 Å². The lowest BCUT2D eigenvalue weighted by atomic mass is 9.89. The fraction of sp³-hybridized carbons (Fsp3) is 0.125. The standard InChI is InChI=1S/C32H22Cl2N4O3/c1-17-2-3-20(10-23(17)30(39)40)26-14-32(26)25-12-24(28(34)13-29(25)37-31(32)41)19-6-9-22(27(33)11-19)18-4-7-21(8-5-18)38-16-35-15-36-38/h2-13,15-16,26H,14H2,1H3,(H,37,41)(H,39,40). The number of carbonyl (C=O) groups is 2. The van der Waals surface area contributed by atoms with Gasteiger partial charge < -0.3 is 10.4 Å². The molecule has 4 aromatic carbocycles. The molecule has 2 heterocycles. The van der Waals surface area contributed by atoms with Crippen LogP contribution in [0.5, 0.6) is 0 Å². The molecule has 1 aliphatic heterocycles. The maximum absolute atomic E-state index is 13.3. The van der Waals surface area contributed by atoms with Crippen molar-refractivity contribution in [2.24, 2.45) is 0 Å². The minimum Gasteiger partial charge on any atom is -0.478 e. The van der Waals surface area contributed by atoms with Crippen molar-refractivity contribution in [1.82, 2.24) is 14.8 Å². The maximum atomic E-state index is 13.3. The SMILES string of the molecule is Cc1ccc(C2CC23C(=O)Nc2cc(Cl)c(-c4ccc(-c5ccc(-n6cncn6)cc5)c(Cl)c4)cc23)cc1C(=O)O. The molecule has 2 atom stereocenters. The number of anilines is 1. The highest BCUT2D eigenvalue weighted by Crippen LogP contribution is 2.65. The number of aryl methyl sites for hydroxylation is 1. The van der Waals surface area contributed by atoms with E-state index in [1.54, 1.807) is 36.1 Å². The number of aromatic nitrogens is 3. The molecule has 2 aliphatic rings. The Morgan fingerprint density at radius 3 is 2.44 bits per heavy atom. The molecule has 0 radical (unpaired) electrons. The van der Waals surface area contributed by atoms with Gasteiger partial charge in [-0.2, -0.15) is 5.10 Å². The van der Waals surface area contributed by atoms with Gasteiger partial charge in [-0.15, -0.1) is 0 Å². The van der Waals surface area contributed by atoms with Crippen LogP contribution in [0, 0.1) is 6.92 Å². The summed E-state index contributed by atoms with van der Waals surface area (Å²) in [6, 6.07) is 22.9. The average molecular weight is 581 g/mol. The zero-order valence-corrected chi connectivity index (χ0v) is 23.2. The Hall–Kier alpha value is -4.46. The average Bonchev–Trinajstić information content (AvgIpc) is 3.34. The number of carbonyl (C=O) groups excluding carboxylic acids is 1. The zero-order valence-electron chi connectivity index (χ0n) is 21.7. The molecule has 9 heteroatoms. The van der Waals surface area contributed by atoms with Crippen LogP contribution >= 0.6 is 23.2 Å². The van der Waals surface area contributed by atoms with Crippen LogP contribution in [-0.2, 0) is 10.2 Å². The van der Waals surface area contributed by atoms with Gasteiger partial charge in [0.1, 0.15) is 12.7 Å². The molecule has 5 aromatic rings. The molecule has 7 rings (SSSR count). The number of hydrogen-bond donors (Lipinski definition) is 2. The number of rotatable bonds is 5. The number of carboxylic acid groups (broad SMARTS) is 1. The van der Waals surface area contributed by atoms with E-state index in [0.29, 0.717) is 27.7 Å². The first-order valence-electron chi connectivity index (χ1n) is 13.0. The largest absolute Gasteiger partial charge is 0.478 e. The summed E-state index contributed by atoms with van der Waals surface area (Å²) in [6.45, 7) is 1.77. The summed E-state index contributed by atoms with van der Waals surface area (Å²) in [5.74, 6) is -1.19. The Bertz CT molecular complexity index is 1890. The maximum Gasteiger partial charge on any atom is 0.335 e. The summed E-state index contributed by atoms with van der Waals surface area (Å²) in [5.41, 5.74) is 6.92. The van der Waals surface area contributed by atoms with Gasteiger partial charge in [0, 0.05) is 27.8 Å². The van der Waals surface area contributed by atoms with E-state index in [1.807, 2.05) is 54.6 Å². The minimum atomic E-state index is -0.976. The molecule has 0 bridgehead atoms. The first-order valence-corrected chi connectivity index (χ1v) is 13.8. The number of fused-ring (bicyclic) bond motifs is 2. The first kappa shape index (κ1) is 25.5. The Labute approximate surface area is 245 Å². The van der Waals surface area contributed by atoms with E-state index in [0.717, 1.165) is 39.1 Å². The van der Waals surface area contributed by atoms with Gasteiger partial charge in [0.15, 0.2) is 0 Å². The van der Waals surface area contributed by atoms with Gasteiger partial charge in [0.2, 0.25) is 5.91 Å². The third-order valence-corrected chi connectivity index (χ3v) is 8.86. The van der Waals surface area contributed by atoms with Crippen LogP contribution < -0.4 is 5.32 Å². The molecule has 1 spiro atoms. The predicted molar refractivity (Wildman–Crippen MR) is 158 cm³/mol. The van der Waals surface area contributed by atoms with Crippen LogP contribution in [0.15, 0.2) is 85.5 Å². The lowest BCUT2D eigenvalue weighted by Crippen LogP contribution is -2.21. The van der Waals surface area contributed by atoms with Crippen LogP contribution in [0.25, 0.3) is 27.9 Å². The van der Waals surface area contributed by atoms with Gasteiger partial charge >= 0.3 is 5.97 Å². The summed E-state index contributed by atoms with van der Waals surface area (Å²) in [7, 11) is 0. The Balaban J connectivity index is 1.23. The normalized spacial score (nSPS) is 18.8. The topological polar surface area (TPSA) is 97.1 Å². The monoisotopic (exact) mass is 580 g/mol. The summed E-state index contributed by atoms with van der Waals surface area (Å²) < 4.78 is 1.69. The number of carboxylic acids is 1. The second-order valence-electron chi connectivity index (χ2n) is 10.5. The number of amides is 1. The van der Waals surface area contributed by atoms with Gasteiger partial charge in [0.05, 0.1) is 21.7 Å². The number of halogens is 2. The minimum absolute atomic E-state index is 0.0918. The van der Waals surface area contributed by atoms with Crippen LogP contribution in [0.2, 0.25) is 10.0 Å². The Morgan fingerprint density at radius 2 is 1.73 bits per heavy atom. The van der Waals surface area contributed by atoms with Crippen molar-refractivity contribution in [3.05, 3.63) is 118 Å². The van der Waals surface area contributed by atoms with Crippen LogP contribution in [0.4, 0.5) is 5.69 Å². The van der Waals surface area contributed by atoms with E-state index in [2.05, 4.69) is 15.4 Å². The molecular formula is C32H22Cl2N4O3. The third kappa shape index (κ3) is 4.04. The van der Waals surface area contributed by atoms with E-state index >= 15 is 0 Å². The van der Waals surface area contributed by atoms with Crippen LogP contribution in [-0.4, -0.2) is 31.7 Å². The zero-order chi connectivity index (χ0) is 28.5. The van der Waals surface area contributed by atoms with E-state index in [1.165, 1.54) is 6.33 Å². The van der Waals surface area contributed by atoms with Gasteiger partial charge in [-0.05, 0) is 77.6 Å². The van der Waals surface area contributed by atoms with Gasteiger partial charge in [-0.25, -0.2) is 14.5 Å². The number of benzene rings is 4. The fourth-order valence-corrected chi connectivity index (χ4v) is 6.54. The summed E-state index contributed by atoms with van der Waals surface area (Å²) in [6.07, 6.45) is 3.73. The Morgan fingerprint density at radius 1 is 0.976 bits per heavy atom. The highest BCUT2D eigenvalue weighted by Gasteiger charge is 2.65. The van der Waals surface area contributed by atoms with E-state index < -0.39 is 11.4 Å². The molecule has 202 valence electrons. The van der Waals surface area contributed by atoms with Gasteiger partial charge in [-0.1, -0.05) is 59.6 Å². The molecule has 1 aliphatic carbocycles. The van der Waals surface area contributed by atoms with Crippen molar-refractivity contribution in [3.63, 3.8) is 0 Å². The smallest absolute Gasteiger partial charge is 0.335 e. The van der Waals surface area contributed by atoms with Crippen molar-refractivity contribution in [2.75, 3.05) is 5.32 Å². The third-order valence-electron chi connectivity index (χ3n) is 8.24. The van der Waals surface area contributed by atoms with Crippen molar-refractivity contribution in [3.8, 4) is 27.9 Å². The lowest BCUT2D eigenvalue weighted by molar-refractivity contribution is -0.118. The number of aromatic carboxylic acids is 1. The number of hydrogen-bond acceptors (Lipinski definition) is 4. The van der Waals surface area contributed by atoms with E-state index in [-0.39, 0.29) is 17.4 Å². The molecule has 41 heavy (non-hydrogen) atoms. The molecule has 7 nitrogen and oxygen atoms in total. The van der Waals surface area contributed by atoms with E-state index in [9.17, 15) is 14.7 Å². The summed E-state index contributed by atoms with van der Waals surface area (Å²) in [4.78, 5) is 29.0. The second kappa shape index (κ2) is 9.29. The molecule has 1 fully saturated rings. The van der Waals surface area contributed by atoms with Crippen molar-refractivity contribution >= 4 is 40.8 Å². The molecule has 1 aromatic heterocycles.